The van der Waals surface area contributed by atoms with Crippen LogP contribution in [-0.2, 0) is 11.3 Å². The molecular weight excluding hydrogens is 230 g/mol. The van der Waals surface area contributed by atoms with Gasteiger partial charge in [0.05, 0.1) is 11.7 Å². The van der Waals surface area contributed by atoms with E-state index in [1.165, 1.54) is 0 Å². The van der Waals surface area contributed by atoms with Crippen LogP contribution in [0.15, 0.2) is 18.2 Å². The highest BCUT2D eigenvalue weighted by Gasteiger charge is 2.38. The van der Waals surface area contributed by atoms with Gasteiger partial charge in [-0.3, -0.25) is 4.79 Å². The zero-order chi connectivity index (χ0) is 12.7. The highest BCUT2D eigenvalue weighted by atomic mass is 16.5. The summed E-state index contributed by atoms with van der Waals surface area (Å²) in [5.41, 5.74) is 7.52. The molecule has 1 unspecified atom stereocenters. The monoisotopic (exact) mass is 247 g/mol. The molecule has 1 fully saturated rings. The van der Waals surface area contributed by atoms with Crippen molar-refractivity contribution in [3.05, 3.63) is 23.8 Å². The lowest BCUT2D eigenvalue weighted by molar-refractivity contribution is -0.126. The molecule has 2 heterocycles. The Morgan fingerprint density at radius 2 is 2.28 bits per heavy atom. The molecule has 0 aromatic heterocycles. The van der Waals surface area contributed by atoms with E-state index < -0.39 is 6.10 Å². The van der Waals surface area contributed by atoms with E-state index in [1.54, 1.807) is 6.92 Å². The van der Waals surface area contributed by atoms with Crippen LogP contribution in [0.5, 0.6) is 5.75 Å². The largest absolute Gasteiger partial charge is 0.479 e. The Balaban J connectivity index is 2.04. The number of hydrogen-bond acceptors (Lipinski definition) is 4. The maximum atomic E-state index is 12.3. The number of rotatable bonds is 2. The van der Waals surface area contributed by atoms with Crippen LogP contribution in [0.25, 0.3) is 0 Å². The van der Waals surface area contributed by atoms with E-state index in [1.807, 2.05) is 23.1 Å². The molecule has 18 heavy (non-hydrogen) atoms. The van der Waals surface area contributed by atoms with Crippen molar-refractivity contribution in [2.24, 2.45) is 5.73 Å². The standard InChI is InChI=1S/C13H17N3O2/c1-8-13(17)16(10-6-15-7-10)11-4-9(5-14)2-3-12(11)18-8/h2-4,8,10,15H,5-7,14H2,1H3. The fraction of sp³-hybridized carbons (Fsp3) is 0.462. The number of nitrogens with one attached hydrogen (secondary N) is 1. The second kappa shape index (κ2) is 4.26. The molecule has 5 nitrogen and oxygen atoms in total. The van der Waals surface area contributed by atoms with Crippen molar-refractivity contribution in [2.45, 2.75) is 25.6 Å². The van der Waals surface area contributed by atoms with Crippen molar-refractivity contribution in [3.8, 4) is 5.75 Å². The van der Waals surface area contributed by atoms with Gasteiger partial charge in [0.1, 0.15) is 5.75 Å². The molecule has 0 spiro atoms. The molecule has 2 aliphatic rings. The van der Waals surface area contributed by atoms with Crippen LogP contribution >= 0.6 is 0 Å². The lowest BCUT2D eigenvalue weighted by Crippen LogP contribution is -2.62. The van der Waals surface area contributed by atoms with E-state index in [-0.39, 0.29) is 11.9 Å². The number of carbonyl (C=O) groups excluding carboxylic acids is 1. The van der Waals surface area contributed by atoms with Gasteiger partial charge in [0.25, 0.3) is 5.91 Å². The summed E-state index contributed by atoms with van der Waals surface area (Å²) >= 11 is 0. The van der Waals surface area contributed by atoms with Gasteiger partial charge >= 0.3 is 0 Å². The minimum absolute atomic E-state index is 0.0307. The Labute approximate surface area is 106 Å². The number of amides is 1. The topological polar surface area (TPSA) is 67.6 Å². The highest BCUT2D eigenvalue weighted by Crippen LogP contribution is 2.36. The Hall–Kier alpha value is -1.59. The van der Waals surface area contributed by atoms with Gasteiger partial charge in [0, 0.05) is 19.6 Å². The van der Waals surface area contributed by atoms with E-state index in [9.17, 15) is 4.79 Å². The summed E-state index contributed by atoms with van der Waals surface area (Å²) < 4.78 is 5.64. The molecule has 0 radical (unpaired) electrons. The van der Waals surface area contributed by atoms with Crippen molar-refractivity contribution in [1.29, 1.82) is 0 Å². The molecule has 1 amide bonds. The van der Waals surface area contributed by atoms with Crippen molar-refractivity contribution in [1.82, 2.24) is 5.32 Å². The summed E-state index contributed by atoms with van der Waals surface area (Å²) in [7, 11) is 0. The molecule has 3 rings (SSSR count). The average Bonchev–Trinajstić information content (AvgIpc) is 2.32. The SMILES string of the molecule is CC1Oc2ccc(CN)cc2N(C2CNC2)C1=O. The predicted molar refractivity (Wildman–Crippen MR) is 68.6 cm³/mol. The Morgan fingerprint density at radius 3 is 2.89 bits per heavy atom. The number of carbonyl (C=O) groups is 1. The number of ether oxygens (including phenoxy) is 1. The van der Waals surface area contributed by atoms with E-state index in [0.29, 0.717) is 6.54 Å². The molecular formula is C13H17N3O2. The maximum absolute atomic E-state index is 12.3. The quantitative estimate of drug-likeness (QED) is 0.785. The van der Waals surface area contributed by atoms with Crippen molar-refractivity contribution >= 4 is 11.6 Å². The number of anilines is 1. The van der Waals surface area contributed by atoms with Gasteiger partial charge in [-0.1, -0.05) is 6.07 Å². The molecule has 0 aliphatic carbocycles. The Morgan fingerprint density at radius 1 is 1.50 bits per heavy atom. The van der Waals surface area contributed by atoms with Gasteiger partial charge < -0.3 is 20.7 Å². The fourth-order valence-corrected chi connectivity index (χ4v) is 2.37. The molecule has 1 saturated heterocycles. The normalized spacial score (nSPS) is 23.3. The van der Waals surface area contributed by atoms with Crippen LogP contribution in [0.4, 0.5) is 5.69 Å². The smallest absolute Gasteiger partial charge is 0.268 e. The first-order valence-electron chi connectivity index (χ1n) is 6.24. The first kappa shape index (κ1) is 11.5. The molecule has 96 valence electrons. The first-order chi connectivity index (χ1) is 8.70. The van der Waals surface area contributed by atoms with Crippen LogP contribution in [-0.4, -0.2) is 31.1 Å². The highest BCUT2D eigenvalue weighted by molar-refractivity contribution is 6.00. The number of fused-ring (bicyclic) bond motifs is 1. The van der Waals surface area contributed by atoms with Crippen LogP contribution in [0.1, 0.15) is 12.5 Å². The van der Waals surface area contributed by atoms with E-state index in [0.717, 1.165) is 30.1 Å². The van der Waals surface area contributed by atoms with Crippen molar-refractivity contribution < 1.29 is 9.53 Å². The average molecular weight is 247 g/mol. The summed E-state index contributed by atoms with van der Waals surface area (Å²) in [6, 6.07) is 6.03. The van der Waals surface area contributed by atoms with Gasteiger partial charge in [-0.2, -0.15) is 0 Å². The Bertz CT molecular complexity index is 485. The number of hydrogen-bond donors (Lipinski definition) is 2. The molecule has 0 saturated carbocycles. The molecule has 0 bridgehead atoms. The van der Waals surface area contributed by atoms with Gasteiger partial charge in [-0.15, -0.1) is 0 Å². The lowest BCUT2D eigenvalue weighted by atomic mass is 10.0. The summed E-state index contributed by atoms with van der Waals surface area (Å²) in [4.78, 5) is 14.1. The molecule has 1 atom stereocenters. The minimum Gasteiger partial charge on any atom is -0.479 e. The number of nitrogens with zero attached hydrogens (tertiary/aromatic N) is 1. The molecule has 3 N–H and O–H groups in total. The molecule has 1 aromatic rings. The third kappa shape index (κ3) is 1.67. The van der Waals surface area contributed by atoms with Gasteiger partial charge in [0.15, 0.2) is 6.10 Å². The minimum atomic E-state index is -0.415. The zero-order valence-corrected chi connectivity index (χ0v) is 10.3. The van der Waals surface area contributed by atoms with Crippen LogP contribution in [0, 0.1) is 0 Å². The summed E-state index contributed by atoms with van der Waals surface area (Å²) in [5, 5.41) is 3.19. The van der Waals surface area contributed by atoms with Crippen LogP contribution in [0.2, 0.25) is 0 Å². The number of benzene rings is 1. The van der Waals surface area contributed by atoms with Crippen molar-refractivity contribution in [3.63, 3.8) is 0 Å². The van der Waals surface area contributed by atoms with Crippen LogP contribution < -0.4 is 20.7 Å². The third-order valence-corrected chi connectivity index (χ3v) is 3.53. The Kier molecular flexibility index (Phi) is 2.72. The third-order valence-electron chi connectivity index (χ3n) is 3.53. The summed E-state index contributed by atoms with van der Waals surface area (Å²) in [5.74, 6) is 0.800. The van der Waals surface area contributed by atoms with Gasteiger partial charge in [0.2, 0.25) is 0 Å². The van der Waals surface area contributed by atoms with E-state index in [2.05, 4.69) is 5.32 Å². The van der Waals surface area contributed by atoms with Gasteiger partial charge in [-0.25, -0.2) is 0 Å². The zero-order valence-electron chi connectivity index (χ0n) is 10.3. The lowest BCUT2D eigenvalue weighted by Gasteiger charge is -2.42. The molecule has 2 aliphatic heterocycles. The van der Waals surface area contributed by atoms with Crippen LogP contribution in [0.3, 0.4) is 0 Å². The van der Waals surface area contributed by atoms with Crippen molar-refractivity contribution in [2.75, 3.05) is 18.0 Å². The predicted octanol–water partition coefficient (Wildman–Crippen LogP) is 0.231. The second-order valence-electron chi connectivity index (χ2n) is 4.79. The number of nitrogens with two attached hydrogens (primary N) is 1. The van der Waals surface area contributed by atoms with Gasteiger partial charge in [-0.05, 0) is 24.6 Å². The maximum Gasteiger partial charge on any atom is 0.268 e. The summed E-state index contributed by atoms with van der Waals surface area (Å²) in [6.07, 6.45) is -0.415. The first-order valence-corrected chi connectivity index (χ1v) is 6.24. The van der Waals surface area contributed by atoms with E-state index in [4.69, 9.17) is 10.5 Å². The summed E-state index contributed by atoms with van der Waals surface area (Å²) in [6.45, 7) is 3.94. The molecule has 1 aromatic carbocycles. The fourth-order valence-electron chi connectivity index (χ4n) is 2.37. The molecule has 5 heteroatoms. The second-order valence-corrected chi connectivity index (χ2v) is 4.79. The van der Waals surface area contributed by atoms with E-state index >= 15 is 0 Å².